The lowest BCUT2D eigenvalue weighted by Gasteiger charge is -2.18. The fourth-order valence-electron chi connectivity index (χ4n) is 3.27. The van der Waals surface area contributed by atoms with E-state index in [1.807, 2.05) is 36.4 Å². The molecular weight excluding hydrogens is 370 g/mol. The Kier molecular flexibility index (Phi) is 7.10. The van der Waals surface area contributed by atoms with E-state index in [9.17, 15) is 5.11 Å². The van der Waals surface area contributed by atoms with E-state index in [1.165, 1.54) is 5.56 Å². The quantitative estimate of drug-likeness (QED) is 0.546. The third-order valence-corrected chi connectivity index (χ3v) is 5.04. The molecule has 3 aromatic carbocycles. The van der Waals surface area contributed by atoms with Crippen LogP contribution in [0.5, 0.6) is 5.75 Å². The van der Waals surface area contributed by atoms with Crippen LogP contribution in [-0.4, -0.2) is 24.8 Å². The van der Waals surface area contributed by atoms with Crippen LogP contribution in [0.15, 0.2) is 72.8 Å². The van der Waals surface area contributed by atoms with Gasteiger partial charge in [0.2, 0.25) is 0 Å². The van der Waals surface area contributed by atoms with Crippen molar-refractivity contribution < 1.29 is 9.84 Å². The maximum absolute atomic E-state index is 10.3. The highest BCUT2D eigenvalue weighted by Crippen LogP contribution is 2.29. The molecule has 0 aliphatic rings. The number of methoxy groups -OCH3 is 1. The fraction of sp³-hybridized carbons (Fsp3) is 0.250. The lowest BCUT2D eigenvalue weighted by molar-refractivity contribution is 0.170. The minimum absolute atomic E-state index is 0.242. The van der Waals surface area contributed by atoms with Crippen molar-refractivity contribution in [2.45, 2.75) is 25.5 Å². The molecule has 4 heteroatoms. The van der Waals surface area contributed by atoms with Crippen LogP contribution < -0.4 is 10.1 Å². The number of para-hydroxylation sites is 1. The first-order valence-electron chi connectivity index (χ1n) is 9.46. The molecule has 0 aromatic heterocycles. The van der Waals surface area contributed by atoms with Gasteiger partial charge in [0, 0.05) is 23.2 Å². The molecule has 2 atom stereocenters. The van der Waals surface area contributed by atoms with E-state index in [-0.39, 0.29) is 6.04 Å². The summed E-state index contributed by atoms with van der Waals surface area (Å²) in [6, 6.07) is 24.2. The Morgan fingerprint density at radius 1 is 1.00 bits per heavy atom. The molecule has 3 nitrogen and oxygen atoms in total. The summed E-state index contributed by atoms with van der Waals surface area (Å²) in [5.74, 6) is 0.875. The fourth-order valence-corrected chi connectivity index (χ4v) is 3.47. The standard InChI is InChI=1S/C24H26ClNO2/c1-17(26-16-23(27)20-6-5-7-21(25)15-20)14-18-10-12-19(13-11-18)22-8-3-4-9-24(22)28-2/h3-13,15,17,23,26-27H,14,16H2,1-2H3. The van der Waals surface area contributed by atoms with E-state index in [0.717, 1.165) is 28.9 Å². The van der Waals surface area contributed by atoms with E-state index in [2.05, 4.69) is 42.6 Å². The Morgan fingerprint density at radius 2 is 1.75 bits per heavy atom. The molecule has 0 radical (unpaired) electrons. The second kappa shape index (κ2) is 9.74. The molecule has 0 bridgehead atoms. The molecule has 0 spiro atoms. The van der Waals surface area contributed by atoms with Crippen molar-refractivity contribution in [3.8, 4) is 16.9 Å². The van der Waals surface area contributed by atoms with Crippen molar-refractivity contribution in [3.63, 3.8) is 0 Å². The molecule has 0 saturated heterocycles. The number of halogens is 1. The monoisotopic (exact) mass is 395 g/mol. The second-order valence-corrected chi connectivity index (χ2v) is 7.42. The zero-order valence-electron chi connectivity index (χ0n) is 16.2. The predicted molar refractivity (Wildman–Crippen MR) is 116 cm³/mol. The third kappa shape index (κ3) is 5.35. The minimum atomic E-state index is -0.575. The normalized spacial score (nSPS) is 13.1. The molecule has 0 fully saturated rings. The largest absolute Gasteiger partial charge is 0.496 e. The summed E-state index contributed by atoms with van der Waals surface area (Å²) in [4.78, 5) is 0. The Hall–Kier alpha value is -2.33. The smallest absolute Gasteiger partial charge is 0.126 e. The number of hydrogen-bond acceptors (Lipinski definition) is 3. The van der Waals surface area contributed by atoms with Gasteiger partial charge in [-0.15, -0.1) is 0 Å². The predicted octanol–water partition coefficient (Wildman–Crippen LogP) is 5.27. The summed E-state index contributed by atoms with van der Waals surface area (Å²) < 4.78 is 5.45. The van der Waals surface area contributed by atoms with E-state index >= 15 is 0 Å². The van der Waals surface area contributed by atoms with Gasteiger partial charge in [0.1, 0.15) is 5.75 Å². The summed E-state index contributed by atoms with van der Waals surface area (Å²) >= 11 is 6.00. The lowest BCUT2D eigenvalue weighted by atomic mass is 10.0. The molecule has 2 unspecified atom stereocenters. The summed E-state index contributed by atoms with van der Waals surface area (Å²) in [7, 11) is 1.69. The molecule has 0 aliphatic heterocycles. The van der Waals surface area contributed by atoms with Crippen LogP contribution in [0.25, 0.3) is 11.1 Å². The molecule has 0 aliphatic carbocycles. The maximum atomic E-state index is 10.3. The number of nitrogens with one attached hydrogen (secondary N) is 1. The zero-order chi connectivity index (χ0) is 19.9. The average molecular weight is 396 g/mol. The molecule has 3 aromatic rings. The Balaban J connectivity index is 1.56. The second-order valence-electron chi connectivity index (χ2n) is 6.98. The van der Waals surface area contributed by atoms with Gasteiger partial charge in [0.15, 0.2) is 0 Å². The van der Waals surface area contributed by atoms with Gasteiger partial charge in [-0.1, -0.05) is 66.2 Å². The zero-order valence-corrected chi connectivity index (χ0v) is 17.0. The first kappa shape index (κ1) is 20.4. The van der Waals surface area contributed by atoms with Crippen LogP contribution in [0, 0.1) is 0 Å². The first-order valence-corrected chi connectivity index (χ1v) is 9.84. The molecule has 28 heavy (non-hydrogen) atoms. The number of aliphatic hydroxyl groups excluding tert-OH is 1. The highest BCUT2D eigenvalue weighted by molar-refractivity contribution is 6.30. The van der Waals surface area contributed by atoms with Crippen molar-refractivity contribution >= 4 is 11.6 Å². The number of rotatable bonds is 8. The minimum Gasteiger partial charge on any atom is -0.496 e. The van der Waals surface area contributed by atoms with E-state index < -0.39 is 6.10 Å². The SMILES string of the molecule is COc1ccccc1-c1ccc(CC(C)NCC(O)c2cccc(Cl)c2)cc1. The average Bonchev–Trinajstić information content (AvgIpc) is 2.72. The first-order chi connectivity index (χ1) is 13.6. The molecule has 0 heterocycles. The molecule has 146 valence electrons. The van der Waals surface area contributed by atoms with Crippen molar-refractivity contribution in [1.82, 2.24) is 5.32 Å². The molecular formula is C24H26ClNO2. The van der Waals surface area contributed by atoms with Gasteiger partial charge in [-0.25, -0.2) is 0 Å². The topological polar surface area (TPSA) is 41.5 Å². The van der Waals surface area contributed by atoms with Crippen molar-refractivity contribution in [1.29, 1.82) is 0 Å². The van der Waals surface area contributed by atoms with Crippen molar-refractivity contribution in [3.05, 3.63) is 88.9 Å². The van der Waals surface area contributed by atoms with Crippen molar-refractivity contribution in [2.24, 2.45) is 0 Å². The number of benzene rings is 3. The highest BCUT2D eigenvalue weighted by atomic mass is 35.5. The van der Waals surface area contributed by atoms with Gasteiger partial charge in [-0.05, 0) is 48.2 Å². The van der Waals surface area contributed by atoms with Crippen LogP contribution in [0.4, 0.5) is 0 Å². The summed E-state index contributed by atoms with van der Waals surface area (Å²) in [6.45, 7) is 2.61. The Bertz CT molecular complexity index is 895. The van der Waals surface area contributed by atoms with E-state index in [1.54, 1.807) is 13.2 Å². The van der Waals surface area contributed by atoms with Gasteiger partial charge in [-0.2, -0.15) is 0 Å². The number of aliphatic hydroxyl groups is 1. The summed E-state index contributed by atoms with van der Waals surface area (Å²) in [5, 5.41) is 14.4. The number of ether oxygens (including phenoxy) is 1. The summed E-state index contributed by atoms with van der Waals surface area (Å²) in [5.41, 5.74) is 4.30. The van der Waals surface area contributed by atoms with Gasteiger partial charge in [0.25, 0.3) is 0 Å². The molecule has 0 amide bonds. The molecule has 2 N–H and O–H groups in total. The van der Waals surface area contributed by atoms with Crippen molar-refractivity contribution in [2.75, 3.05) is 13.7 Å². The van der Waals surface area contributed by atoms with Gasteiger partial charge in [-0.3, -0.25) is 0 Å². The van der Waals surface area contributed by atoms with Gasteiger partial charge >= 0.3 is 0 Å². The Labute approximate surface area is 171 Å². The highest BCUT2D eigenvalue weighted by Gasteiger charge is 2.11. The van der Waals surface area contributed by atoms with Crippen LogP contribution >= 0.6 is 11.6 Å². The van der Waals surface area contributed by atoms with Crippen LogP contribution in [0.1, 0.15) is 24.2 Å². The van der Waals surface area contributed by atoms with E-state index in [4.69, 9.17) is 16.3 Å². The van der Waals surface area contributed by atoms with E-state index in [0.29, 0.717) is 11.6 Å². The number of hydrogen-bond donors (Lipinski definition) is 2. The Morgan fingerprint density at radius 3 is 2.46 bits per heavy atom. The van der Waals surface area contributed by atoms with Crippen LogP contribution in [-0.2, 0) is 6.42 Å². The van der Waals surface area contributed by atoms with Crippen LogP contribution in [0.2, 0.25) is 5.02 Å². The maximum Gasteiger partial charge on any atom is 0.126 e. The summed E-state index contributed by atoms with van der Waals surface area (Å²) in [6.07, 6.45) is 0.308. The molecule has 0 saturated carbocycles. The van der Waals surface area contributed by atoms with Gasteiger partial charge in [0.05, 0.1) is 13.2 Å². The van der Waals surface area contributed by atoms with Crippen LogP contribution in [0.3, 0.4) is 0 Å². The lowest BCUT2D eigenvalue weighted by Crippen LogP contribution is -2.32. The van der Waals surface area contributed by atoms with Gasteiger partial charge < -0.3 is 15.2 Å². The molecule has 3 rings (SSSR count). The third-order valence-electron chi connectivity index (χ3n) is 4.81.